The minimum atomic E-state index is -0.475. The van der Waals surface area contributed by atoms with E-state index in [1.807, 2.05) is 26.0 Å². The van der Waals surface area contributed by atoms with Gasteiger partial charge in [-0.2, -0.15) is 10.1 Å². The average Bonchev–Trinajstić information content (AvgIpc) is 3.05. The maximum Gasteiger partial charge on any atom is 0.338 e. The molecule has 2 aromatic rings. The monoisotopic (exact) mass is 288 g/mol. The molecule has 0 aromatic carbocycles. The third-order valence-electron chi connectivity index (χ3n) is 3.32. The Hall–Kier alpha value is -2.57. The second-order valence-electron chi connectivity index (χ2n) is 4.76. The molecule has 0 bridgehead atoms. The highest BCUT2D eigenvalue weighted by Crippen LogP contribution is 2.35. The molecule has 0 aliphatic carbocycles. The lowest BCUT2D eigenvalue weighted by Crippen LogP contribution is -2.29. The van der Waals surface area contributed by atoms with Crippen molar-refractivity contribution in [3.63, 3.8) is 0 Å². The van der Waals surface area contributed by atoms with Crippen molar-refractivity contribution >= 4 is 11.9 Å². The number of anilines is 1. The lowest BCUT2D eigenvalue weighted by atomic mass is 10.0. The predicted molar refractivity (Wildman–Crippen MR) is 74.6 cm³/mol. The van der Waals surface area contributed by atoms with E-state index in [4.69, 9.17) is 9.15 Å². The van der Waals surface area contributed by atoms with Crippen LogP contribution in [0.25, 0.3) is 0 Å². The van der Waals surface area contributed by atoms with Crippen LogP contribution in [-0.2, 0) is 9.53 Å². The van der Waals surface area contributed by atoms with Crippen molar-refractivity contribution in [1.29, 1.82) is 0 Å². The number of hydrogen-bond donors (Lipinski definition) is 1. The summed E-state index contributed by atoms with van der Waals surface area (Å²) in [6.07, 6.45) is 1.44. The van der Waals surface area contributed by atoms with Gasteiger partial charge in [0.25, 0.3) is 0 Å². The number of aryl methyl sites for hydroxylation is 1. The largest absolute Gasteiger partial charge is 0.464 e. The minimum absolute atomic E-state index is 0.309. The molecule has 1 atom stereocenters. The fourth-order valence-corrected chi connectivity index (χ4v) is 2.43. The highest BCUT2D eigenvalue weighted by atomic mass is 16.5. The summed E-state index contributed by atoms with van der Waals surface area (Å²) >= 11 is 0. The molecule has 0 saturated carbocycles. The molecule has 3 heterocycles. The van der Waals surface area contributed by atoms with E-state index < -0.39 is 6.04 Å². The highest BCUT2D eigenvalue weighted by Gasteiger charge is 2.36. The molecule has 21 heavy (non-hydrogen) atoms. The zero-order chi connectivity index (χ0) is 15.0. The van der Waals surface area contributed by atoms with Gasteiger partial charge in [-0.3, -0.25) is 0 Å². The van der Waals surface area contributed by atoms with Crippen LogP contribution in [0.5, 0.6) is 0 Å². The molecule has 7 nitrogen and oxygen atoms in total. The quantitative estimate of drug-likeness (QED) is 0.870. The zero-order valence-electron chi connectivity index (χ0n) is 12.1. The Morgan fingerprint density at radius 1 is 1.48 bits per heavy atom. The number of allylic oxidation sites excluding steroid dienone is 1. The number of carbonyl (C=O) groups excluding carboxylic acids is 1. The second-order valence-corrected chi connectivity index (χ2v) is 4.76. The van der Waals surface area contributed by atoms with Crippen LogP contribution in [-0.4, -0.2) is 27.3 Å². The maximum atomic E-state index is 12.3. The minimum Gasteiger partial charge on any atom is -0.464 e. The Balaban J connectivity index is 2.13. The summed E-state index contributed by atoms with van der Waals surface area (Å²) in [7, 11) is 0. The first-order chi connectivity index (χ1) is 10.1. The number of fused-ring (bicyclic) bond motifs is 1. The standard InChI is InChI=1S/C14H16N4O3/c1-4-20-13(19)11-9(3)17-14-15-7-16-18(14)12(11)10-6-5-8(2)21-10/h5-7,12H,4H2,1-3H3,(H,15,16,17)/t12-/m1/s1. The SMILES string of the molecule is CCOC(=O)C1=C(C)Nc2ncnn2[C@@H]1c1ccc(C)o1. The molecule has 0 amide bonds. The number of ether oxygens (including phenoxy) is 1. The molecular weight excluding hydrogens is 272 g/mol. The Labute approximate surface area is 121 Å². The molecule has 1 aliphatic rings. The van der Waals surface area contributed by atoms with Gasteiger partial charge in [-0.05, 0) is 32.9 Å². The van der Waals surface area contributed by atoms with Crippen molar-refractivity contribution in [1.82, 2.24) is 14.8 Å². The van der Waals surface area contributed by atoms with Crippen molar-refractivity contribution in [2.24, 2.45) is 0 Å². The van der Waals surface area contributed by atoms with E-state index in [2.05, 4.69) is 15.4 Å². The summed E-state index contributed by atoms with van der Waals surface area (Å²) in [5, 5.41) is 7.25. The van der Waals surface area contributed by atoms with Gasteiger partial charge in [0.1, 0.15) is 23.9 Å². The molecule has 7 heteroatoms. The number of esters is 1. The summed E-state index contributed by atoms with van der Waals surface area (Å²) in [4.78, 5) is 16.4. The third-order valence-corrected chi connectivity index (χ3v) is 3.32. The molecule has 3 rings (SSSR count). The molecule has 1 N–H and O–H groups in total. The van der Waals surface area contributed by atoms with Gasteiger partial charge in [0.15, 0.2) is 0 Å². The van der Waals surface area contributed by atoms with Crippen LogP contribution in [0, 0.1) is 6.92 Å². The van der Waals surface area contributed by atoms with Crippen LogP contribution in [0.15, 0.2) is 34.1 Å². The zero-order valence-corrected chi connectivity index (χ0v) is 12.1. The first-order valence-corrected chi connectivity index (χ1v) is 6.72. The molecule has 0 saturated heterocycles. The number of rotatable bonds is 3. The van der Waals surface area contributed by atoms with Gasteiger partial charge in [-0.25, -0.2) is 9.48 Å². The number of furan rings is 1. The summed E-state index contributed by atoms with van der Waals surface area (Å²) in [6, 6.07) is 3.21. The van der Waals surface area contributed by atoms with Crippen molar-refractivity contribution in [2.75, 3.05) is 11.9 Å². The molecule has 0 spiro atoms. The van der Waals surface area contributed by atoms with Crippen LogP contribution >= 0.6 is 0 Å². The van der Waals surface area contributed by atoms with Crippen LogP contribution in [0.1, 0.15) is 31.4 Å². The first-order valence-electron chi connectivity index (χ1n) is 6.72. The van der Waals surface area contributed by atoms with Crippen LogP contribution < -0.4 is 5.32 Å². The molecule has 1 aliphatic heterocycles. The molecule has 110 valence electrons. The highest BCUT2D eigenvalue weighted by molar-refractivity contribution is 5.92. The van der Waals surface area contributed by atoms with E-state index in [9.17, 15) is 4.79 Å². The smallest absolute Gasteiger partial charge is 0.338 e. The van der Waals surface area contributed by atoms with Gasteiger partial charge in [0.2, 0.25) is 5.95 Å². The second kappa shape index (κ2) is 5.08. The van der Waals surface area contributed by atoms with Gasteiger partial charge in [-0.15, -0.1) is 0 Å². The van der Waals surface area contributed by atoms with Crippen molar-refractivity contribution in [3.8, 4) is 0 Å². The third kappa shape index (κ3) is 2.20. The Bertz CT molecular complexity index is 713. The average molecular weight is 288 g/mol. The number of aromatic nitrogens is 3. The topological polar surface area (TPSA) is 82.2 Å². The van der Waals surface area contributed by atoms with Gasteiger partial charge < -0.3 is 14.5 Å². The van der Waals surface area contributed by atoms with Crippen molar-refractivity contribution < 1.29 is 13.9 Å². The summed E-state index contributed by atoms with van der Waals surface area (Å²) in [5.41, 5.74) is 1.16. The summed E-state index contributed by atoms with van der Waals surface area (Å²) in [6.45, 7) is 5.75. The van der Waals surface area contributed by atoms with E-state index in [0.717, 1.165) is 5.76 Å². The Kier molecular flexibility index (Phi) is 3.25. The summed E-state index contributed by atoms with van der Waals surface area (Å²) < 4.78 is 12.5. The fourth-order valence-electron chi connectivity index (χ4n) is 2.43. The van der Waals surface area contributed by atoms with E-state index in [-0.39, 0.29) is 5.97 Å². The lowest BCUT2D eigenvalue weighted by molar-refractivity contribution is -0.139. The maximum absolute atomic E-state index is 12.3. The van der Waals surface area contributed by atoms with Gasteiger partial charge >= 0.3 is 5.97 Å². The van der Waals surface area contributed by atoms with E-state index in [1.165, 1.54) is 6.33 Å². The molecule has 2 aromatic heterocycles. The summed E-state index contributed by atoms with van der Waals surface area (Å²) in [5.74, 6) is 1.58. The van der Waals surface area contributed by atoms with Crippen LogP contribution in [0.3, 0.4) is 0 Å². The number of nitrogens with zero attached hydrogens (tertiary/aromatic N) is 3. The molecule has 0 radical (unpaired) electrons. The van der Waals surface area contributed by atoms with E-state index in [1.54, 1.807) is 11.6 Å². The molecule has 0 fully saturated rings. The van der Waals surface area contributed by atoms with E-state index in [0.29, 0.717) is 29.6 Å². The van der Waals surface area contributed by atoms with Crippen LogP contribution in [0.4, 0.5) is 5.95 Å². The van der Waals surface area contributed by atoms with E-state index >= 15 is 0 Å². The first kappa shape index (κ1) is 13.4. The number of nitrogens with one attached hydrogen (secondary N) is 1. The lowest BCUT2D eigenvalue weighted by Gasteiger charge is -2.26. The fraction of sp³-hybridized carbons (Fsp3) is 0.357. The normalized spacial score (nSPS) is 17.4. The molecular formula is C14H16N4O3. The number of hydrogen-bond acceptors (Lipinski definition) is 6. The van der Waals surface area contributed by atoms with Crippen molar-refractivity contribution in [2.45, 2.75) is 26.8 Å². The molecule has 0 unspecified atom stereocenters. The Morgan fingerprint density at radius 2 is 2.29 bits per heavy atom. The number of carbonyl (C=O) groups is 1. The van der Waals surface area contributed by atoms with Gasteiger partial charge in [-0.1, -0.05) is 0 Å². The van der Waals surface area contributed by atoms with Crippen LogP contribution in [0.2, 0.25) is 0 Å². The van der Waals surface area contributed by atoms with Gasteiger partial charge in [0.05, 0.1) is 12.2 Å². The van der Waals surface area contributed by atoms with Gasteiger partial charge in [0, 0.05) is 5.70 Å². The van der Waals surface area contributed by atoms with Crippen molar-refractivity contribution in [3.05, 3.63) is 41.3 Å². The Morgan fingerprint density at radius 3 is 2.95 bits per heavy atom. The predicted octanol–water partition coefficient (Wildman–Crippen LogP) is 2.03.